The third-order valence-corrected chi connectivity index (χ3v) is 4.73. The zero-order valence-electron chi connectivity index (χ0n) is 10.2. The molecule has 100 valence electrons. The average molecular weight is 365 g/mol. The molecule has 6 heteroatoms. The van der Waals surface area contributed by atoms with Crippen LogP contribution in [0, 0.1) is 0 Å². The number of thiophene rings is 1. The average Bonchev–Trinajstić information content (AvgIpc) is 3.01. The molecule has 0 atom stereocenters. The van der Waals surface area contributed by atoms with Crippen molar-refractivity contribution in [2.75, 3.05) is 0 Å². The van der Waals surface area contributed by atoms with Gasteiger partial charge in [-0.2, -0.15) is 0 Å². The maximum absolute atomic E-state index is 11.9. The predicted molar refractivity (Wildman–Crippen MR) is 89.3 cm³/mol. The van der Waals surface area contributed by atoms with Crippen LogP contribution in [-0.4, -0.2) is 11.1 Å². The van der Waals surface area contributed by atoms with Gasteiger partial charge < -0.3 is 5.32 Å². The van der Waals surface area contributed by atoms with Crippen molar-refractivity contribution >= 4 is 61.9 Å². The smallest absolute Gasteiger partial charge is 0.264 e. The van der Waals surface area contributed by atoms with E-state index in [2.05, 4.69) is 26.2 Å². The molecule has 2 heterocycles. The van der Waals surface area contributed by atoms with Crippen molar-refractivity contribution in [3.63, 3.8) is 0 Å². The minimum atomic E-state index is -0.0999. The summed E-state index contributed by atoms with van der Waals surface area (Å²) in [6.07, 6.45) is 1.88. The van der Waals surface area contributed by atoms with Crippen LogP contribution in [0.15, 0.2) is 56.1 Å². The predicted octanol–water partition coefficient (Wildman–Crippen LogP) is 4.40. The third-order valence-electron chi connectivity index (χ3n) is 2.51. The molecule has 0 saturated carbocycles. The number of nitrogens with one attached hydrogen (secondary N) is 1. The number of halogens is 1. The van der Waals surface area contributed by atoms with Gasteiger partial charge in [-0.3, -0.25) is 4.79 Å². The first-order valence-corrected chi connectivity index (χ1v) is 8.28. The van der Waals surface area contributed by atoms with E-state index >= 15 is 0 Å². The highest BCUT2D eigenvalue weighted by Crippen LogP contribution is 2.29. The number of amidine groups is 1. The second-order valence-electron chi connectivity index (χ2n) is 3.98. The topological polar surface area (TPSA) is 41.5 Å². The molecule has 2 aromatic rings. The van der Waals surface area contributed by atoms with Gasteiger partial charge in [-0.1, -0.05) is 28.1 Å². The lowest BCUT2D eigenvalue weighted by Crippen LogP contribution is -2.19. The second kappa shape index (κ2) is 5.95. The lowest BCUT2D eigenvalue weighted by molar-refractivity contribution is -0.115. The Morgan fingerprint density at radius 3 is 2.90 bits per heavy atom. The Morgan fingerprint density at radius 1 is 1.25 bits per heavy atom. The van der Waals surface area contributed by atoms with Crippen LogP contribution in [0.25, 0.3) is 6.08 Å². The number of rotatable bonds is 2. The highest BCUT2D eigenvalue weighted by Gasteiger charge is 2.23. The number of thioether (sulfide) groups is 1. The molecule has 1 aliphatic rings. The van der Waals surface area contributed by atoms with Gasteiger partial charge in [-0.05, 0) is 47.5 Å². The molecule has 1 amide bonds. The van der Waals surface area contributed by atoms with Crippen molar-refractivity contribution in [3.05, 3.63) is 56.0 Å². The van der Waals surface area contributed by atoms with E-state index in [1.807, 2.05) is 47.9 Å². The highest BCUT2D eigenvalue weighted by molar-refractivity contribution is 9.10. The Kier molecular flexibility index (Phi) is 4.05. The van der Waals surface area contributed by atoms with Gasteiger partial charge >= 0.3 is 0 Å². The summed E-state index contributed by atoms with van der Waals surface area (Å²) in [6.45, 7) is 0. The first-order valence-electron chi connectivity index (χ1n) is 5.79. The minimum Gasteiger partial charge on any atom is -0.300 e. The van der Waals surface area contributed by atoms with Gasteiger partial charge in [0, 0.05) is 9.35 Å². The number of aliphatic imine (C=N–C) groups is 1. The maximum atomic E-state index is 11.9. The van der Waals surface area contributed by atoms with Crippen molar-refractivity contribution in [1.82, 2.24) is 5.32 Å². The van der Waals surface area contributed by atoms with Crippen molar-refractivity contribution in [2.45, 2.75) is 0 Å². The number of carbonyl (C=O) groups excluding carboxylic acids is 1. The SMILES string of the molecule is O=C1NC(=Nc2cccc(Br)c2)S/C1=C\c1cccs1. The first kappa shape index (κ1) is 13.6. The van der Waals surface area contributed by atoms with E-state index in [0.717, 1.165) is 15.0 Å². The van der Waals surface area contributed by atoms with Crippen LogP contribution in [0.4, 0.5) is 5.69 Å². The van der Waals surface area contributed by atoms with Crippen LogP contribution >= 0.6 is 39.0 Å². The zero-order valence-corrected chi connectivity index (χ0v) is 13.4. The summed E-state index contributed by atoms with van der Waals surface area (Å²) in [5, 5.41) is 5.37. The molecule has 0 radical (unpaired) electrons. The molecule has 1 N–H and O–H groups in total. The second-order valence-corrected chi connectivity index (χ2v) is 6.90. The van der Waals surface area contributed by atoms with Gasteiger partial charge in [-0.15, -0.1) is 11.3 Å². The van der Waals surface area contributed by atoms with Gasteiger partial charge in [0.1, 0.15) is 0 Å². The lowest BCUT2D eigenvalue weighted by Gasteiger charge is -1.96. The highest BCUT2D eigenvalue weighted by atomic mass is 79.9. The normalized spacial score (nSPS) is 18.8. The van der Waals surface area contributed by atoms with Crippen LogP contribution in [-0.2, 0) is 4.79 Å². The number of amides is 1. The quantitative estimate of drug-likeness (QED) is 0.802. The van der Waals surface area contributed by atoms with Gasteiger partial charge in [0.2, 0.25) is 0 Å². The summed E-state index contributed by atoms with van der Waals surface area (Å²) in [6, 6.07) is 11.6. The van der Waals surface area contributed by atoms with Gasteiger partial charge in [0.15, 0.2) is 5.17 Å². The number of carbonyl (C=O) groups is 1. The van der Waals surface area contributed by atoms with Crippen LogP contribution in [0.5, 0.6) is 0 Å². The number of hydrogen-bond acceptors (Lipinski definition) is 4. The molecule has 1 fully saturated rings. The molecule has 0 spiro atoms. The first-order chi connectivity index (χ1) is 9.70. The molecule has 0 aliphatic carbocycles. The summed E-state index contributed by atoms with van der Waals surface area (Å²) in [7, 11) is 0. The van der Waals surface area contributed by atoms with Crippen LogP contribution < -0.4 is 5.32 Å². The van der Waals surface area contributed by atoms with Crippen LogP contribution in [0.3, 0.4) is 0 Å². The number of nitrogens with zero attached hydrogens (tertiary/aromatic N) is 1. The lowest BCUT2D eigenvalue weighted by atomic mass is 10.3. The standard InChI is InChI=1S/C14H9BrN2OS2/c15-9-3-1-4-10(7-9)16-14-17-13(18)12(20-14)8-11-5-2-6-19-11/h1-8H,(H,16,17,18)/b12-8-. The van der Waals surface area contributed by atoms with Crippen molar-refractivity contribution < 1.29 is 4.79 Å². The molecule has 1 aromatic carbocycles. The van der Waals surface area contributed by atoms with E-state index in [9.17, 15) is 4.79 Å². The van der Waals surface area contributed by atoms with Crippen molar-refractivity contribution in [1.29, 1.82) is 0 Å². The Labute approximate surface area is 132 Å². The third kappa shape index (κ3) is 3.20. The maximum Gasteiger partial charge on any atom is 0.264 e. The van der Waals surface area contributed by atoms with E-state index in [1.165, 1.54) is 11.8 Å². The molecule has 1 aromatic heterocycles. The molecule has 20 heavy (non-hydrogen) atoms. The van der Waals surface area contributed by atoms with E-state index in [4.69, 9.17) is 0 Å². The Morgan fingerprint density at radius 2 is 2.15 bits per heavy atom. The van der Waals surface area contributed by atoms with Crippen molar-refractivity contribution in [3.8, 4) is 0 Å². The Bertz CT molecular complexity index is 708. The fraction of sp³-hybridized carbons (Fsp3) is 0. The number of benzene rings is 1. The van der Waals surface area contributed by atoms with Crippen LogP contribution in [0.2, 0.25) is 0 Å². The molecule has 0 bridgehead atoms. The summed E-state index contributed by atoms with van der Waals surface area (Å²) in [5.74, 6) is -0.0999. The van der Waals surface area contributed by atoms with E-state index < -0.39 is 0 Å². The largest absolute Gasteiger partial charge is 0.300 e. The number of hydrogen-bond donors (Lipinski definition) is 1. The summed E-state index contributed by atoms with van der Waals surface area (Å²) in [5.41, 5.74) is 0.805. The molecule has 3 rings (SSSR count). The van der Waals surface area contributed by atoms with E-state index in [-0.39, 0.29) is 5.91 Å². The summed E-state index contributed by atoms with van der Waals surface area (Å²) >= 11 is 6.36. The molecule has 1 saturated heterocycles. The molecule has 0 unspecified atom stereocenters. The zero-order chi connectivity index (χ0) is 13.9. The Balaban J connectivity index is 1.83. The van der Waals surface area contributed by atoms with Gasteiger partial charge in [0.05, 0.1) is 10.6 Å². The minimum absolute atomic E-state index is 0.0999. The van der Waals surface area contributed by atoms with Crippen molar-refractivity contribution in [2.24, 2.45) is 4.99 Å². The summed E-state index contributed by atoms with van der Waals surface area (Å²) < 4.78 is 0.961. The van der Waals surface area contributed by atoms with E-state index in [0.29, 0.717) is 10.1 Å². The summed E-state index contributed by atoms with van der Waals surface area (Å²) in [4.78, 5) is 18.0. The van der Waals surface area contributed by atoms with E-state index in [1.54, 1.807) is 11.3 Å². The fourth-order valence-electron chi connectivity index (χ4n) is 1.65. The van der Waals surface area contributed by atoms with Gasteiger partial charge in [0.25, 0.3) is 5.91 Å². The fourth-order valence-corrected chi connectivity index (χ4v) is 3.60. The monoisotopic (exact) mass is 364 g/mol. The molecular formula is C14H9BrN2OS2. The molecular weight excluding hydrogens is 356 g/mol. The Hall–Kier alpha value is -1.37. The molecule has 1 aliphatic heterocycles. The molecule has 3 nitrogen and oxygen atoms in total. The van der Waals surface area contributed by atoms with Crippen LogP contribution in [0.1, 0.15) is 4.88 Å². The van der Waals surface area contributed by atoms with Gasteiger partial charge in [-0.25, -0.2) is 4.99 Å².